The number of hydrogen-bond donors (Lipinski definition) is 0. The maximum absolute atomic E-state index is 13.1. The number of benzene rings is 2. The molecule has 0 aromatic heterocycles. The summed E-state index contributed by atoms with van der Waals surface area (Å²) in [6.07, 6.45) is 4.51. The van der Waals surface area contributed by atoms with Crippen LogP contribution < -0.4 is 14.5 Å². The quantitative estimate of drug-likeness (QED) is 0.275. The molecule has 0 saturated carbocycles. The number of rotatable bonds is 4. The minimum Gasteiger partial charge on any atom is -0.426 e. The fourth-order valence-electron chi connectivity index (χ4n) is 5.27. The highest BCUT2D eigenvalue weighted by atomic mass is 35.5. The minimum atomic E-state index is -0.644. The van der Waals surface area contributed by atoms with Gasteiger partial charge in [0.2, 0.25) is 17.7 Å². The van der Waals surface area contributed by atoms with E-state index >= 15 is 0 Å². The number of carbonyl (C=O) groups is 4. The molecule has 7 nitrogen and oxygen atoms in total. The predicted molar refractivity (Wildman–Crippen MR) is 131 cm³/mol. The van der Waals surface area contributed by atoms with Crippen LogP contribution in [0.15, 0.2) is 54.6 Å². The summed E-state index contributed by atoms with van der Waals surface area (Å²) in [5, 5.41) is 0.550. The van der Waals surface area contributed by atoms with Gasteiger partial charge in [-0.2, -0.15) is 0 Å². The molecule has 2 fully saturated rings. The average molecular weight is 493 g/mol. The second kappa shape index (κ2) is 8.96. The van der Waals surface area contributed by atoms with Crippen LogP contribution in [0.3, 0.4) is 0 Å². The molecule has 180 valence electrons. The van der Waals surface area contributed by atoms with Gasteiger partial charge in [0.05, 0.1) is 23.4 Å². The van der Waals surface area contributed by atoms with E-state index in [1.54, 1.807) is 41.3 Å². The van der Waals surface area contributed by atoms with Crippen LogP contribution in [0.4, 0.5) is 11.4 Å². The molecule has 0 N–H and O–H groups in total. The Hall–Kier alpha value is -3.45. The topological polar surface area (TPSA) is 84.0 Å². The van der Waals surface area contributed by atoms with Crippen molar-refractivity contribution in [3.8, 4) is 5.75 Å². The largest absolute Gasteiger partial charge is 0.426 e. The molecule has 2 aliphatic heterocycles. The van der Waals surface area contributed by atoms with E-state index < -0.39 is 11.9 Å². The first-order valence-electron chi connectivity index (χ1n) is 11.7. The molecule has 0 radical (unpaired) electrons. The zero-order chi connectivity index (χ0) is 24.9. The molecular weight excluding hydrogens is 468 g/mol. The van der Waals surface area contributed by atoms with Crippen LogP contribution in [0.2, 0.25) is 5.02 Å². The molecule has 2 aromatic carbocycles. The second-order valence-corrected chi connectivity index (χ2v) is 9.78. The normalized spacial score (nSPS) is 25.9. The van der Waals surface area contributed by atoms with Crippen molar-refractivity contribution < 1.29 is 23.9 Å². The van der Waals surface area contributed by atoms with Crippen LogP contribution >= 0.6 is 11.6 Å². The van der Waals surface area contributed by atoms with E-state index in [1.807, 2.05) is 26.0 Å². The SMILES string of the molecule is Cc1c(Cl)cccc1N1C[C@H](C(=O)Oc2cccc(N3C(=O)[C@@H]4[C@H](C)C=CC[C@H]4C3=O)c2)CC1=O. The molecule has 2 aromatic rings. The summed E-state index contributed by atoms with van der Waals surface area (Å²) >= 11 is 6.20. The molecule has 2 heterocycles. The van der Waals surface area contributed by atoms with E-state index in [2.05, 4.69) is 0 Å². The summed E-state index contributed by atoms with van der Waals surface area (Å²) in [6, 6.07) is 11.7. The molecule has 3 aliphatic rings. The lowest BCUT2D eigenvalue weighted by Gasteiger charge is -2.22. The van der Waals surface area contributed by atoms with Crippen LogP contribution in [0.1, 0.15) is 25.3 Å². The summed E-state index contributed by atoms with van der Waals surface area (Å²) in [6.45, 7) is 3.96. The maximum Gasteiger partial charge on any atom is 0.316 e. The zero-order valence-corrected chi connectivity index (χ0v) is 20.2. The van der Waals surface area contributed by atoms with Crippen molar-refractivity contribution in [2.24, 2.45) is 23.7 Å². The number of hydrogen-bond acceptors (Lipinski definition) is 5. The van der Waals surface area contributed by atoms with Crippen molar-refractivity contribution in [1.29, 1.82) is 0 Å². The third-order valence-electron chi connectivity index (χ3n) is 7.16. The van der Waals surface area contributed by atoms with Gasteiger partial charge >= 0.3 is 5.97 Å². The Morgan fingerprint density at radius 3 is 2.63 bits per heavy atom. The number of anilines is 2. The van der Waals surface area contributed by atoms with Crippen molar-refractivity contribution in [1.82, 2.24) is 0 Å². The molecular formula is C27H25ClN2O5. The lowest BCUT2D eigenvalue weighted by molar-refractivity contribution is -0.139. The van der Waals surface area contributed by atoms with Crippen molar-refractivity contribution >= 4 is 46.7 Å². The van der Waals surface area contributed by atoms with Gasteiger partial charge < -0.3 is 9.64 Å². The summed E-state index contributed by atoms with van der Waals surface area (Å²) in [4.78, 5) is 54.4. The van der Waals surface area contributed by atoms with E-state index in [0.29, 0.717) is 22.8 Å². The van der Waals surface area contributed by atoms with Crippen LogP contribution in [-0.2, 0) is 19.2 Å². The molecule has 1 aliphatic carbocycles. The maximum atomic E-state index is 13.1. The van der Waals surface area contributed by atoms with Gasteiger partial charge in [-0.05, 0) is 49.1 Å². The Balaban J connectivity index is 1.31. The highest BCUT2D eigenvalue weighted by Gasteiger charge is 2.50. The molecule has 0 spiro atoms. The van der Waals surface area contributed by atoms with Crippen LogP contribution in [0, 0.1) is 30.6 Å². The molecule has 4 atom stereocenters. The van der Waals surface area contributed by atoms with E-state index in [4.69, 9.17) is 16.3 Å². The second-order valence-electron chi connectivity index (χ2n) is 9.37. The van der Waals surface area contributed by atoms with Crippen molar-refractivity contribution in [2.75, 3.05) is 16.3 Å². The number of nitrogens with zero attached hydrogens (tertiary/aromatic N) is 2. The molecule has 5 rings (SSSR count). The number of amides is 3. The van der Waals surface area contributed by atoms with Gasteiger partial charge in [0, 0.05) is 29.7 Å². The van der Waals surface area contributed by atoms with Crippen LogP contribution in [-0.4, -0.2) is 30.2 Å². The van der Waals surface area contributed by atoms with Crippen LogP contribution in [0.5, 0.6) is 5.75 Å². The van der Waals surface area contributed by atoms with E-state index in [9.17, 15) is 19.2 Å². The average Bonchev–Trinajstić information content (AvgIpc) is 3.34. The van der Waals surface area contributed by atoms with Crippen molar-refractivity contribution in [2.45, 2.75) is 26.7 Å². The Morgan fingerprint density at radius 1 is 1.09 bits per heavy atom. The molecule has 3 amide bonds. The third kappa shape index (κ3) is 4.04. The highest BCUT2D eigenvalue weighted by molar-refractivity contribution is 6.31. The van der Waals surface area contributed by atoms with Crippen molar-refractivity contribution in [3.63, 3.8) is 0 Å². The number of esters is 1. The third-order valence-corrected chi connectivity index (χ3v) is 7.56. The highest BCUT2D eigenvalue weighted by Crippen LogP contribution is 2.41. The Morgan fingerprint density at radius 2 is 1.86 bits per heavy atom. The van der Waals surface area contributed by atoms with E-state index in [1.165, 1.54) is 11.0 Å². The fourth-order valence-corrected chi connectivity index (χ4v) is 5.44. The van der Waals surface area contributed by atoms with Crippen LogP contribution in [0.25, 0.3) is 0 Å². The first-order chi connectivity index (χ1) is 16.8. The molecule has 2 saturated heterocycles. The number of imide groups is 1. The van der Waals surface area contributed by atoms with Gasteiger partial charge in [-0.15, -0.1) is 0 Å². The lowest BCUT2D eigenvalue weighted by atomic mass is 9.78. The lowest BCUT2D eigenvalue weighted by Crippen LogP contribution is -2.31. The van der Waals surface area contributed by atoms with E-state index in [0.717, 1.165) is 5.56 Å². The molecule has 35 heavy (non-hydrogen) atoms. The standard InChI is InChI=1S/C27H25ClN2O5/c1-15-6-3-9-20-24(15)26(33)30(25(20)32)18-7-4-8-19(13-18)35-27(34)17-12-23(31)29(14-17)22-11-5-10-21(28)16(22)2/h3-8,10-11,13,15,17,20,24H,9,12,14H2,1-2H3/t15-,17-,20-,24-/m1/s1. The fraction of sp³-hybridized carbons (Fsp3) is 0.333. The Kier molecular flexibility index (Phi) is 5.97. The number of halogens is 1. The number of carbonyl (C=O) groups excluding carboxylic acids is 4. The first-order valence-corrected chi connectivity index (χ1v) is 12.1. The van der Waals surface area contributed by atoms with Gasteiger partial charge in [-0.1, -0.05) is 42.8 Å². The Labute approximate surface area is 208 Å². The molecule has 8 heteroatoms. The predicted octanol–water partition coefficient (Wildman–Crippen LogP) is 4.31. The molecule has 0 bridgehead atoms. The van der Waals surface area contributed by atoms with Gasteiger partial charge in [0.1, 0.15) is 5.75 Å². The first kappa shape index (κ1) is 23.3. The van der Waals surface area contributed by atoms with Gasteiger partial charge in [0.15, 0.2) is 0 Å². The summed E-state index contributed by atoms with van der Waals surface area (Å²) in [5.41, 5.74) is 1.83. The zero-order valence-electron chi connectivity index (χ0n) is 19.4. The monoisotopic (exact) mass is 492 g/mol. The van der Waals surface area contributed by atoms with Gasteiger partial charge in [0.25, 0.3) is 0 Å². The van der Waals surface area contributed by atoms with E-state index in [-0.39, 0.29) is 54.2 Å². The summed E-state index contributed by atoms with van der Waals surface area (Å²) < 4.78 is 5.59. The number of allylic oxidation sites excluding steroid dienone is 2. The summed E-state index contributed by atoms with van der Waals surface area (Å²) in [5.74, 6) is -2.34. The minimum absolute atomic E-state index is 0.0119. The number of ether oxygens (including phenoxy) is 1. The van der Waals surface area contributed by atoms with Gasteiger partial charge in [-0.3, -0.25) is 19.2 Å². The smallest absolute Gasteiger partial charge is 0.316 e. The molecule has 0 unspecified atom stereocenters. The number of fused-ring (bicyclic) bond motifs is 1. The Bertz CT molecular complexity index is 1270. The van der Waals surface area contributed by atoms with Gasteiger partial charge in [-0.25, -0.2) is 4.90 Å². The summed E-state index contributed by atoms with van der Waals surface area (Å²) in [7, 11) is 0. The van der Waals surface area contributed by atoms with Crippen molar-refractivity contribution in [3.05, 3.63) is 65.2 Å².